The molecule has 0 unspecified atom stereocenters. The molecule has 0 aromatic heterocycles. The van der Waals surface area contributed by atoms with Crippen molar-refractivity contribution in [3.63, 3.8) is 0 Å². The molecule has 88 valence electrons. The lowest BCUT2D eigenvalue weighted by Crippen LogP contribution is -2.56. The van der Waals surface area contributed by atoms with Gasteiger partial charge in [-0.25, -0.2) is 0 Å². The van der Waals surface area contributed by atoms with Crippen molar-refractivity contribution < 1.29 is 4.79 Å². The summed E-state index contributed by atoms with van der Waals surface area (Å²) in [5, 5.41) is 11.9. The number of amides is 1. The Bertz CT molecular complexity index is 503. The van der Waals surface area contributed by atoms with E-state index in [0.717, 1.165) is 6.42 Å². The van der Waals surface area contributed by atoms with Crippen molar-refractivity contribution in [1.82, 2.24) is 0 Å². The summed E-state index contributed by atoms with van der Waals surface area (Å²) in [4.78, 5) is 11.9. The minimum absolute atomic E-state index is 0.235. The molecule has 17 heavy (non-hydrogen) atoms. The Morgan fingerprint density at radius 2 is 2.24 bits per heavy atom. The third-order valence-corrected chi connectivity index (χ3v) is 3.37. The third-order valence-electron chi connectivity index (χ3n) is 3.04. The van der Waals surface area contributed by atoms with Gasteiger partial charge >= 0.3 is 0 Å². The van der Waals surface area contributed by atoms with Crippen LogP contribution in [0.15, 0.2) is 18.2 Å². The molecule has 3 N–H and O–H groups in total. The monoisotopic (exact) mass is 249 g/mol. The SMILES string of the molecule is N#Cc1ccc(Cl)c(NC(=O)C2(N)CCC2)c1. The van der Waals surface area contributed by atoms with E-state index in [-0.39, 0.29) is 5.91 Å². The number of nitrogens with zero attached hydrogens (tertiary/aromatic N) is 1. The van der Waals surface area contributed by atoms with Crippen molar-refractivity contribution in [3.05, 3.63) is 28.8 Å². The highest BCUT2D eigenvalue weighted by Crippen LogP contribution is 2.31. The van der Waals surface area contributed by atoms with Gasteiger partial charge in [-0.2, -0.15) is 5.26 Å². The first-order valence-electron chi connectivity index (χ1n) is 5.35. The van der Waals surface area contributed by atoms with Crippen LogP contribution < -0.4 is 11.1 Å². The molecular weight excluding hydrogens is 238 g/mol. The van der Waals surface area contributed by atoms with E-state index >= 15 is 0 Å². The largest absolute Gasteiger partial charge is 0.323 e. The highest BCUT2D eigenvalue weighted by Gasteiger charge is 2.40. The number of carbonyl (C=O) groups excluding carboxylic acids is 1. The van der Waals surface area contributed by atoms with E-state index in [1.807, 2.05) is 6.07 Å². The zero-order valence-corrected chi connectivity index (χ0v) is 9.92. The average Bonchev–Trinajstić information content (AvgIpc) is 2.28. The molecule has 0 atom stereocenters. The lowest BCUT2D eigenvalue weighted by atomic mass is 9.77. The Labute approximate surface area is 104 Å². The number of rotatable bonds is 2. The van der Waals surface area contributed by atoms with Gasteiger partial charge in [0.25, 0.3) is 0 Å². The second-order valence-corrected chi connectivity index (χ2v) is 4.68. The van der Waals surface area contributed by atoms with Crippen LogP contribution in [0.5, 0.6) is 0 Å². The van der Waals surface area contributed by atoms with Crippen LogP contribution in [0.3, 0.4) is 0 Å². The van der Waals surface area contributed by atoms with Crippen molar-refractivity contribution in [1.29, 1.82) is 5.26 Å². The quantitative estimate of drug-likeness (QED) is 0.842. The zero-order valence-electron chi connectivity index (χ0n) is 9.16. The van der Waals surface area contributed by atoms with E-state index in [9.17, 15) is 4.79 Å². The summed E-state index contributed by atoms with van der Waals surface area (Å²) in [6, 6.07) is 6.72. The molecule has 1 saturated carbocycles. The summed E-state index contributed by atoms with van der Waals surface area (Å²) in [6.07, 6.45) is 2.35. The van der Waals surface area contributed by atoms with Crippen LogP contribution in [-0.4, -0.2) is 11.4 Å². The minimum Gasteiger partial charge on any atom is -0.323 e. The molecule has 2 rings (SSSR count). The van der Waals surface area contributed by atoms with Crippen molar-refractivity contribution in [2.24, 2.45) is 5.73 Å². The number of halogens is 1. The van der Waals surface area contributed by atoms with Gasteiger partial charge in [-0.05, 0) is 37.5 Å². The molecule has 0 bridgehead atoms. The summed E-state index contributed by atoms with van der Waals surface area (Å²) in [7, 11) is 0. The number of benzene rings is 1. The molecule has 1 fully saturated rings. The lowest BCUT2D eigenvalue weighted by molar-refractivity contribution is -0.123. The van der Waals surface area contributed by atoms with Gasteiger partial charge < -0.3 is 11.1 Å². The van der Waals surface area contributed by atoms with Crippen LogP contribution in [0.2, 0.25) is 5.02 Å². The Morgan fingerprint density at radius 1 is 1.53 bits per heavy atom. The molecule has 0 spiro atoms. The highest BCUT2D eigenvalue weighted by atomic mass is 35.5. The Morgan fingerprint density at radius 3 is 2.76 bits per heavy atom. The fourth-order valence-corrected chi connectivity index (χ4v) is 1.89. The maximum Gasteiger partial charge on any atom is 0.244 e. The number of nitrogens with two attached hydrogens (primary N) is 1. The van der Waals surface area contributed by atoms with E-state index in [2.05, 4.69) is 5.32 Å². The molecule has 0 heterocycles. The van der Waals surface area contributed by atoms with Gasteiger partial charge in [0, 0.05) is 0 Å². The van der Waals surface area contributed by atoms with Gasteiger partial charge in [-0.3, -0.25) is 4.79 Å². The number of nitrogens with one attached hydrogen (secondary N) is 1. The molecule has 1 aliphatic carbocycles. The van der Waals surface area contributed by atoms with Gasteiger partial charge in [-0.1, -0.05) is 11.6 Å². The zero-order chi connectivity index (χ0) is 12.5. The predicted octanol–water partition coefficient (Wildman–Crippen LogP) is 2.03. The number of carbonyl (C=O) groups is 1. The van der Waals surface area contributed by atoms with Crippen molar-refractivity contribution in [2.75, 3.05) is 5.32 Å². The van der Waals surface area contributed by atoms with E-state index in [4.69, 9.17) is 22.6 Å². The molecule has 1 aromatic rings. The molecule has 0 aliphatic heterocycles. The van der Waals surface area contributed by atoms with Gasteiger partial charge in [0.2, 0.25) is 5.91 Å². The van der Waals surface area contributed by atoms with Crippen LogP contribution in [-0.2, 0) is 4.79 Å². The summed E-state index contributed by atoms with van der Waals surface area (Å²) in [5.41, 5.74) is 6.01. The van der Waals surface area contributed by atoms with E-state index in [0.29, 0.717) is 29.1 Å². The molecule has 1 amide bonds. The highest BCUT2D eigenvalue weighted by molar-refractivity contribution is 6.33. The fourth-order valence-electron chi connectivity index (χ4n) is 1.72. The standard InChI is InChI=1S/C12H12ClN3O/c13-9-3-2-8(7-14)6-10(9)16-11(17)12(15)4-1-5-12/h2-3,6H,1,4-5,15H2,(H,16,17). The number of anilines is 1. The Balaban J connectivity index is 2.18. The van der Waals surface area contributed by atoms with Crippen molar-refractivity contribution in [2.45, 2.75) is 24.8 Å². The van der Waals surface area contributed by atoms with Crippen LogP contribution in [0, 0.1) is 11.3 Å². The second kappa shape index (κ2) is 4.36. The summed E-state index contributed by atoms with van der Waals surface area (Å²) in [6.45, 7) is 0. The van der Waals surface area contributed by atoms with E-state index in [1.54, 1.807) is 18.2 Å². The molecular formula is C12H12ClN3O. The molecule has 0 radical (unpaired) electrons. The van der Waals surface area contributed by atoms with Crippen molar-refractivity contribution in [3.8, 4) is 6.07 Å². The van der Waals surface area contributed by atoms with E-state index in [1.165, 1.54) is 0 Å². The first-order valence-corrected chi connectivity index (χ1v) is 5.73. The lowest BCUT2D eigenvalue weighted by Gasteiger charge is -2.36. The van der Waals surface area contributed by atoms with Crippen LogP contribution in [0.25, 0.3) is 0 Å². The molecule has 4 nitrogen and oxygen atoms in total. The summed E-state index contributed by atoms with van der Waals surface area (Å²) >= 11 is 5.94. The molecule has 5 heteroatoms. The molecule has 0 saturated heterocycles. The number of hydrogen-bond acceptors (Lipinski definition) is 3. The summed E-state index contributed by atoms with van der Waals surface area (Å²) < 4.78 is 0. The maximum absolute atomic E-state index is 11.9. The second-order valence-electron chi connectivity index (χ2n) is 4.27. The average molecular weight is 250 g/mol. The van der Waals surface area contributed by atoms with E-state index < -0.39 is 5.54 Å². The van der Waals surface area contributed by atoms with Gasteiger partial charge in [0.1, 0.15) is 0 Å². The third kappa shape index (κ3) is 2.26. The van der Waals surface area contributed by atoms with Crippen LogP contribution >= 0.6 is 11.6 Å². The van der Waals surface area contributed by atoms with Crippen LogP contribution in [0.4, 0.5) is 5.69 Å². The van der Waals surface area contributed by atoms with Crippen LogP contribution in [0.1, 0.15) is 24.8 Å². The van der Waals surface area contributed by atoms with Gasteiger partial charge in [-0.15, -0.1) is 0 Å². The van der Waals surface area contributed by atoms with Crippen molar-refractivity contribution >= 4 is 23.2 Å². The fraction of sp³-hybridized carbons (Fsp3) is 0.333. The Kier molecular flexibility index (Phi) is 3.05. The normalized spacial score (nSPS) is 16.8. The predicted molar refractivity (Wildman–Crippen MR) is 65.6 cm³/mol. The summed E-state index contributed by atoms with van der Waals surface area (Å²) in [5.74, 6) is -0.235. The minimum atomic E-state index is -0.772. The number of nitriles is 1. The number of hydrogen-bond donors (Lipinski definition) is 2. The van der Waals surface area contributed by atoms with Gasteiger partial charge in [0.15, 0.2) is 0 Å². The first-order chi connectivity index (χ1) is 8.05. The first kappa shape index (κ1) is 11.9. The molecule has 1 aromatic carbocycles. The smallest absolute Gasteiger partial charge is 0.244 e. The topological polar surface area (TPSA) is 78.9 Å². The van der Waals surface area contributed by atoms with Gasteiger partial charge in [0.05, 0.1) is 27.9 Å². The molecule has 1 aliphatic rings. The maximum atomic E-state index is 11.9. The Hall–Kier alpha value is -1.57.